The Balaban J connectivity index is 1.70. The van der Waals surface area contributed by atoms with Crippen LogP contribution in [0.4, 0.5) is 4.79 Å². The first-order chi connectivity index (χ1) is 12.6. The van der Waals surface area contributed by atoms with Gasteiger partial charge in [0.25, 0.3) is 0 Å². The maximum absolute atomic E-state index is 12.0. The van der Waals surface area contributed by atoms with Crippen molar-refractivity contribution in [1.29, 1.82) is 0 Å². The molecule has 2 aromatic rings. The van der Waals surface area contributed by atoms with Gasteiger partial charge in [0.1, 0.15) is 12.6 Å². The van der Waals surface area contributed by atoms with E-state index >= 15 is 0 Å². The summed E-state index contributed by atoms with van der Waals surface area (Å²) < 4.78 is 5.33. The number of nitrogens with one attached hydrogen (secondary N) is 1. The second-order valence-corrected chi connectivity index (χ2v) is 6.21. The third-order valence-electron chi connectivity index (χ3n) is 4.39. The quantitative estimate of drug-likeness (QED) is 0.800. The standard InChI is InChI=1S/C20H18ClNO4/c21-11-5-10-18(19(23)24)22-20(25)26-12-17-15-8-3-1-6-13(15)14-7-2-4-9-16(14)17/h1-9,11,17-18H,10,12H2,(H,22,25)(H,23,24)/b11-5+. The van der Waals surface area contributed by atoms with Gasteiger partial charge in [0.15, 0.2) is 0 Å². The fourth-order valence-corrected chi connectivity index (χ4v) is 3.29. The molecule has 0 heterocycles. The number of carboxylic acids is 1. The van der Waals surface area contributed by atoms with Crippen molar-refractivity contribution in [2.24, 2.45) is 0 Å². The molecule has 134 valence electrons. The molecule has 0 saturated carbocycles. The van der Waals surface area contributed by atoms with Crippen LogP contribution in [0.2, 0.25) is 0 Å². The fourth-order valence-electron chi connectivity index (χ4n) is 3.19. The highest BCUT2D eigenvalue weighted by molar-refractivity contribution is 6.25. The Morgan fingerprint density at radius 2 is 1.69 bits per heavy atom. The summed E-state index contributed by atoms with van der Waals surface area (Å²) in [5.41, 5.74) is 5.68. The Kier molecular flexibility index (Phi) is 5.58. The van der Waals surface area contributed by atoms with Crippen LogP contribution < -0.4 is 5.32 Å². The molecule has 1 amide bonds. The van der Waals surface area contributed by atoms with Gasteiger partial charge in [0, 0.05) is 11.5 Å². The van der Waals surface area contributed by atoms with Crippen LogP contribution in [0.15, 0.2) is 60.1 Å². The number of carbonyl (C=O) groups is 2. The van der Waals surface area contributed by atoms with Crippen LogP contribution in [-0.2, 0) is 9.53 Å². The normalized spacial score (nSPS) is 13.9. The summed E-state index contributed by atoms with van der Waals surface area (Å²) in [5, 5.41) is 11.5. The second kappa shape index (κ2) is 8.06. The minimum atomic E-state index is -1.15. The monoisotopic (exact) mass is 371 g/mol. The SMILES string of the molecule is O=C(NC(C/C=C/Cl)C(=O)O)OCC1c2ccccc2-c2ccccc21. The molecule has 3 rings (SSSR count). The molecule has 0 radical (unpaired) electrons. The van der Waals surface area contributed by atoms with Crippen molar-refractivity contribution < 1.29 is 19.4 Å². The minimum absolute atomic E-state index is 0.0702. The summed E-state index contributed by atoms with van der Waals surface area (Å²) in [6, 6.07) is 14.9. The van der Waals surface area contributed by atoms with Gasteiger partial charge in [-0.05, 0) is 28.7 Å². The zero-order valence-corrected chi connectivity index (χ0v) is 14.6. The first-order valence-electron chi connectivity index (χ1n) is 8.21. The molecule has 2 aromatic carbocycles. The van der Waals surface area contributed by atoms with Crippen LogP contribution >= 0.6 is 11.6 Å². The first-order valence-corrected chi connectivity index (χ1v) is 8.65. The summed E-state index contributed by atoms with van der Waals surface area (Å²) >= 11 is 5.41. The van der Waals surface area contributed by atoms with E-state index in [4.69, 9.17) is 21.4 Å². The lowest BCUT2D eigenvalue weighted by Gasteiger charge is -2.16. The van der Waals surface area contributed by atoms with Gasteiger partial charge in [-0.2, -0.15) is 0 Å². The van der Waals surface area contributed by atoms with Crippen molar-refractivity contribution in [3.05, 3.63) is 71.3 Å². The van der Waals surface area contributed by atoms with Gasteiger partial charge in [-0.15, -0.1) is 0 Å². The van der Waals surface area contributed by atoms with Gasteiger partial charge in [0.2, 0.25) is 0 Å². The van der Waals surface area contributed by atoms with Crippen LogP contribution in [0.3, 0.4) is 0 Å². The number of halogens is 1. The van der Waals surface area contributed by atoms with Gasteiger partial charge in [0.05, 0.1) is 0 Å². The van der Waals surface area contributed by atoms with Crippen molar-refractivity contribution in [2.75, 3.05) is 6.61 Å². The maximum atomic E-state index is 12.0. The molecule has 1 atom stereocenters. The average molecular weight is 372 g/mol. The van der Waals surface area contributed by atoms with Gasteiger partial charge >= 0.3 is 12.1 Å². The molecular weight excluding hydrogens is 354 g/mol. The zero-order chi connectivity index (χ0) is 18.5. The third kappa shape index (κ3) is 3.73. The Hall–Kier alpha value is -2.79. The molecule has 0 aliphatic heterocycles. The van der Waals surface area contributed by atoms with Crippen molar-refractivity contribution >= 4 is 23.7 Å². The number of amides is 1. The molecule has 1 aliphatic rings. The number of ether oxygens (including phenoxy) is 1. The fraction of sp³-hybridized carbons (Fsp3) is 0.200. The predicted molar refractivity (Wildman–Crippen MR) is 99.2 cm³/mol. The number of hydrogen-bond acceptors (Lipinski definition) is 3. The van der Waals surface area contributed by atoms with E-state index in [1.165, 1.54) is 11.6 Å². The van der Waals surface area contributed by atoms with Crippen molar-refractivity contribution in [1.82, 2.24) is 5.32 Å². The average Bonchev–Trinajstić information content (AvgIpc) is 2.97. The number of fused-ring (bicyclic) bond motifs is 3. The summed E-state index contributed by atoms with van der Waals surface area (Å²) in [6.45, 7) is 0.136. The van der Waals surface area contributed by atoms with Crippen LogP contribution in [0.25, 0.3) is 11.1 Å². The molecule has 0 bridgehead atoms. The molecule has 0 aromatic heterocycles. The van der Waals surface area contributed by atoms with E-state index in [2.05, 4.69) is 5.32 Å². The number of rotatable bonds is 6. The van der Waals surface area contributed by atoms with E-state index < -0.39 is 18.1 Å². The van der Waals surface area contributed by atoms with Crippen LogP contribution in [0.1, 0.15) is 23.5 Å². The Morgan fingerprint density at radius 3 is 2.23 bits per heavy atom. The number of benzene rings is 2. The summed E-state index contributed by atoms with van der Waals surface area (Å²) in [5.74, 6) is -1.22. The highest BCUT2D eigenvalue weighted by Gasteiger charge is 2.29. The van der Waals surface area contributed by atoms with Gasteiger partial charge < -0.3 is 15.2 Å². The highest BCUT2D eigenvalue weighted by atomic mass is 35.5. The molecule has 0 spiro atoms. The smallest absolute Gasteiger partial charge is 0.407 e. The van der Waals surface area contributed by atoms with Crippen molar-refractivity contribution in [3.63, 3.8) is 0 Å². The largest absolute Gasteiger partial charge is 0.480 e. The maximum Gasteiger partial charge on any atom is 0.407 e. The molecule has 26 heavy (non-hydrogen) atoms. The zero-order valence-electron chi connectivity index (χ0n) is 13.9. The number of carboxylic acid groups (broad SMARTS) is 1. The van der Waals surface area contributed by atoms with Gasteiger partial charge in [-0.3, -0.25) is 0 Å². The number of hydrogen-bond donors (Lipinski definition) is 2. The topological polar surface area (TPSA) is 75.6 Å². The Bertz CT molecular complexity index is 804. The summed E-state index contributed by atoms with van der Waals surface area (Å²) in [6.07, 6.45) is 0.787. The van der Waals surface area contributed by atoms with E-state index in [0.29, 0.717) is 0 Å². The molecule has 1 aliphatic carbocycles. The molecule has 6 heteroatoms. The first kappa shape index (κ1) is 18.0. The van der Waals surface area contributed by atoms with Crippen LogP contribution in [0, 0.1) is 0 Å². The van der Waals surface area contributed by atoms with Crippen LogP contribution in [0.5, 0.6) is 0 Å². The summed E-state index contributed by atoms with van der Waals surface area (Å²) in [4.78, 5) is 23.2. The lowest BCUT2D eigenvalue weighted by molar-refractivity contribution is -0.139. The molecule has 5 nitrogen and oxygen atoms in total. The van der Waals surface area contributed by atoms with E-state index in [1.54, 1.807) is 0 Å². The lowest BCUT2D eigenvalue weighted by Crippen LogP contribution is -2.41. The lowest BCUT2D eigenvalue weighted by atomic mass is 9.98. The van der Waals surface area contributed by atoms with Crippen molar-refractivity contribution in [3.8, 4) is 11.1 Å². The predicted octanol–water partition coefficient (Wildman–Crippen LogP) is 4.12. The van der Waals surface area contributed by atoms with E-state index in [-0.39, 0.29) is 18.9 Å². The highest BCUT2D eigenvalue weighted by Crippen LogP contribution is 2.44. The third-order valence-corrected chi connectivity index (χ3v) is 4.57. The number of alkyl carbamates (subject to hydrolysis) is 1. The van der Waals surface area contributed by atoms with Gasteiger partial charge in [-0.25, -0.2) is 9.59 Å². The molecule has 1 unspecified atom stereocenters. The molecule has 0 saturated heterocycles. The van der Waals surface area contributed by atoms with E-state index in [9.17, 15) is 9.59 Å². The summed E-state index contributed by atoms with van der Waals surface area (Å²) in [7, 11) is 0. The second-order valence-electron chi connectivity index (χ2n) is 5.96. The number of aliphatic carboxylic acids is 1. The number of carbonyl (C=O) groups excluding carboxylic acids is 1. The Labute approximate surface area is 156 Å². The van der Waals surface area contributed by atoms with E-state index in [1.807, 2.05) is 48.5 Å². The van der Waals surface area contributed by atoms with Crippen molar-refractivity contribution in [2.45, 2.75) is 18.4 Å². The van der Waals surface area contributed by atoms with E-state index in [0.717, 1.165) is 22.3 Å². The van der Waals surface area contributed by atoms with Crippen LogP contribution in [-0.4, -0.2) is 29.8 Å². The molecule has 2 N–H and O–H groups in total. The molecular formula is C20H18ClNO4. The molecule has 0 fully saturated rings. The van der Waals surface area contributed by atoms with Gasteiger partial charge in [-0.1, -0.05) is 66.2 Å². The Morgan fingerprint density at radius 1 is 1.12 bits per heavy atom. The minimum Gasteiger partial charge on any atom is -0.480 e.